The summed E-state index contributed by atoms with van der Waals surface area (Å²) in [7, 11) is 0. The molecule has 1 saturated carbocycles. The minimum Gasteiger partial charge on any atom is -0.457 e. The van der Waals surface area contributed by atoms with Gasteiger partial charge in [-0.2, -0.15) is 0 Å². The van der Waals surface area contributed by atoms with Gasteiger partial charge in [-0.05, 0) is 110 Å². The van der Waals surface area contributed by atoms with Crippen LogP contribution in [-0.2, 0) is 5.41 Å². The molecule has 4 aromatic carbocycles. The molecule has 4 N–H and O–H groups in total. The van der Waals surface area contributed by atoms with Crippen molar-refractivity contribution in [3.63, 3.8) is 0 Å². The van der Waals surface area contributed by atoms with Crippen LogP contribution in [0.3, 0.4) is 0 Å². The van der Waals surface area contributed by atoms with Gasteiger partial charge in [0.1, 0.15) is 23.0 Å². The lowest BCUT2D eigenvalue weighted by Gasteiger charge is -2.40. The predicted octanol–water partition coefficient (Wildman–Crippen LogP) is 7.55. The Morgan fingerprint density at radius 3 is 1.25 bits per heavy atom. The Morgan fingerprint density at radius 1 is 0.583 bits per heavy atom. The maximum atomic E-state index is 6.02. The summed E-state index contributed by atoms with van der Waals surface area (Å²) in [4.78, 5) is 0. The Bertz CT molecular complexity index is 1240. The third kappa shape index (κ3) is 5.01. The smallest absolute Gasteiger partial charge is 0.127 e. The zero-order valence-electron chi connectivity index (χ0n) is 20.2. The number of hydrogen-bond acceptors (Lipinski definition) is 4. The summed E-state index contributed by atoms with van der Waals surface area (Å²) >= 11 is 0. The lowest BCUT2D eigenvalue weighted by atomic mass is 9.63. The molecule has 0 unspecified atom stereocenters. The van der Waals surface area contributed by atoms with Crippen molar-refractivity contribution >= 4 is 11.4 Å². The molecule has 0 amide bonds. The number of hydrogen-bond donors (Lipinski definition) is 2. The number of ether oxygens (including phenoxy) is 2. The molecule has 5 rings (SSSR count). The van der Waals surface area contributed by atoms with Gasteiger partial charge in [0.15, 0.2) is 0 Å². The van der Waals surface area contributed by atoms with Crippen molar-refractivity contribution in [3.05, 3.63) is 108 Å². The highest BCUT2D eigenvalue weighted by Gasteiger charge is 2.38. The summed E-state index contributed by atoms with van der Waals surface area (Å²) in [6, 6.07) is 31.7. The van der Waals surface area contributed by atoms with E-state index in [1.54, 1.807) is 0 Å². The van der Waals surface area contributed by atoms with Crippen molar-refractivity contribution in [2.45, 2.75) is 31.1 Å². The van der Waals surface area contributed by atoms with Crippen LogP contribution in [0.15, 0.2) is 97.1 Å². The monoisotopic (exact) mass is 474 g/mol. The Hall–Kier alpha value is -4.36. The highest BCUT2D eigenvalue weighted by atomic mass is 16.5. The molecule has 4 heteroatoms. The number of nitrogens with two attached hydrogens (primary N) is 2. The normalized spacial score (nSPS) is 15.1. The first kappa shape index (κ1) is 23.4. The first-order valence-corrected chi connectivity index (χ1v) is 12.3. The number of terminal acetylenes is 1. The van der Waals surface area contributed by atoms with Crippen LogP contribution in [0.25, 0.3) is 0 Å². The number of benzene rings is 4. The van der Waals surface area contributed by atoms with Crippen LogP contribution in [0.5, 0.6) is 23.0 Å². The van der Waals surface area contributed by atoms with E-state index < -0.39 is 0 Å². The molecule has 4 aromatic rings. The van der Waals surface area contributed by atoms with Gasteiger partial charge in [-0.25, -0.2) is 0 Å². The van der Waals surface area contributed by atoms with E-state index in [4.69, 9.17) is 27.4 Å². The van der Waals surface area contributed by atoms with Crippen LogP contribution >= 0.6 is 0 Å². The Labute approximate surface area is 212 Å². The molecule has 0 heterocycles. The maximum absolute atomic E-state index is 6.02. The van der Waals surface area contributed by atoms with Gasteiger partial charge in [0, 0.05) is 22.7 Å². The van der Waals surface area contributed by atoms with Crippen molar-refractivity contribution in [2.24, 2.45) is 5.92 Å². The molecule has 180 valence electrons. The minimum atomic E-state index is -0.104. The van der Waals surface area contributed by atoms with E-state index in [0.29, 0.717) is 17.3 Å². The summed E-state index contributed by atoms with van der Waals surface area (Å²) in [5.74, 6) is 6.41. The molecule has 1 fully saturated rings. The van der Waals surface area contributed by atoms with Gasteiger partial charge in [0.25, 0.3) is 0 Å². The lowest BCUT2D eigenvalue weighted by Crippen LogP contribution is -2.32. The topological polar surface area (TPSA) is 70.5 Å². The molecular weight excluding hydrogens is 444 g/mol. The molecule has 0 radical (unpaired) electrons. The highest BCUT2D eigenvalue weighted by Crippen LogP contribution is 2.47. The molecule has 0 bridgehead atoms. The van der Waals surface area contributed by atoms with Crippen LogP contribution < -0.4 is 20.9 Å². The molecule has 1 aliphatic rings. The SMILES string of the molecule is C#CC1CCC(c2ccc(Oc3ccc(N)cc3)cc2)(c2ccc(Oc3ccc(N)cc3)cc2)CC1. The summed E-state index contributed by atoms with van der Waals surface area (Å²) in [5.41, 5.74) is 15.4. The second-order valence-electron chi connectivity index (χ2n) is 9.41. The van der Waals surface area contributed by atoms with Crippen LogP contribution in [0.1, 0.15) is 36.8 Å². The van der Waals surface area contributed by atoms with Crippen molar-refractivity contribution in [3.8, 4) is 35.3 Å². The number of anilines is 2. The van der Waals surface area contributed by atoms with Crippen LogP contribution in [0.2, 0.25) is 0 Å². The molecule has 4 nitrogen and oxygen atoms in total. The predicted molar refractivity (Wildman–Crippen MR) is 146 cm³/mol. The molecular formula is C32H30N2O2. The molecule has 0 saturated heterocycles. The second kappa shape index (κ2) is 10.1. The van der Waals surface area contributed by atoms with Gasteiger partial charge in [-0.3, -0.25) is 0 Å². The summed E-state index contributed by atoms with van der Waals surface area (Å²) < 4.78 is 12.0. The van der Waals surface area contributed by atoms with Crippen LogP contribution in [-0.4, -0.2) is 0 Å². The Kier molecular flexibility index (Phi) is 6.56. The summed E-state index contributed by atoms with van der Waals surface area (Å²) in [6.07, 6.45) is 9.78. The second-order valence-corrected chi connectivity index (χ2v) is 9.41. The molecule has 0 aliphatic heterocycles. The molecule has 0 spiro atoms. The summed E-state index contributed by atoms with van der Waals surface area (Å²) in [6.45, 7) is 0. The van der Waals surface area contributed by atoms with Gasteiger partial charge in [0.05, 0.1) is 0 Å². The molecule has 0 atom stereocenters. The van der Waals surface area contributed by atoms with E-state index >= 15 is 0 Å². The van der Waals surface area contributed by atoms with E-state index in [-0.39, 0.29) is 5.41 Å². The van der Waals surface area contributed by atoms with Crippen LogP contribution in [0.4, 0.5) is 11.4 Å². The Balaban J connectivity index is 1.40. The van der Waals surface area contributed by atoms with Gasteiger partial charge >= 0.3 is 0 Å². The van der Waals surface area contributed by atoms with E-state index in [1.165, 1.54) is 11.1 Å². The lowest BCUT2D eigenvalue weighted by molar-refractivity contribution is 0.305. The average Bonchev–Trinajstić information content (AvgIpc) is 2.92. The highest BCUT2D eigenvalue weighted by molar-refractivity contribution is 5.47. The van der Waals surface area contributed by atoms with Crippen molar-refractivity contribution in [1.82, 2.24) is 0 Å². The number of rotatable bonds is 6. The van der Waals surface area contributed by atoms with Crippen molar-refractivity contribution in [1.29, 1.82) is 0 Å². The largest absolute Gasteiger partial charge is 0.457 e. The van der Waals surface area contributed by atoms with E-state index in [2.05, 4.69) is 30.2 Å². The average molecular weight is 475 g/mol. The maximum Gasteiger partial charge on any atom is 0.127 e. The fraction of sp³-hybridized carbons (Fsp3) is 0.188. The van der Waals surface area contributed by atoms with Gasteiger partial charge in [-0.15, -0.1) is 12.3 Å². The van der Waals surface area contributed by atoms with E-state index in [1.807, 2.05) is 72.8 Å². The van der Waals surface area contributed by atoms with Crippen molar-refractivity contribution in [2.75, 3.05) is 11.5 Å². The number of nitrogen functional groups attached to an aromatic ring is 2. The third-order valence-corrected chi connectivity index (χ3v) is 7.12. The molecule has 0 aromatic heterocycles. The van der Waals surface area contributed by atoms with Crippen molar-refractivity contribution < 1.29 is 9.47 Å². The molecule has 36 heavy (non-hydrogen) atoms. The first-order chi connectivity index (χ1) is 17.5. The fourth-order valence-corrected chi connectivity index (χ4v) is 5.05. The van der Waals surface area contributed by atoms with Crippen LogP contribution in [0, 0.1) is 18.3 Å². The van der Waals surface area contributed by atoms with Gasteiger partial charge in [-0.1, -0.05) is 24.3 Å². The van der Waals surface area contributed by atoms with E-state index in [9.17, 15) is 0 Å². The zero-order valence-corrected chi connectivity index (χ0v) is 20.2. The first-order valence-electron chi connectivity index (χ1n) is 12.3. The molecule has 1 aliphatic carbocycles. The Morgan fingerprint density at radius 2 is 0.917 bits per heavy atom. The van der Waals surface area contributed by atoms with Gasteiger partial charge in [0.2, 0.25) is 0 Å². The fourth-order valence-electron chi connectivity index (χ4n) is 5.05. The van der Waals surface area contributed by atoms with Gasteiger partial charge < -0.3 is 20.9 Å². The standard InChI is InChI=1S/C32H30N2O2/c1-2-23-19-21-32(22-20-23,24-3-11-28(12-4-24)35-30-15-7-26(33)8-16-30)25-5-13-29(14-6-25)36-31-17-9-27(34)10-18-31/h1,3-18,23H,19-22,33-34H2. The third-order valence-electron chi connectivity index (χ3n) is 7.12. The quantitative estimate of drug-likeness (QED) is 0.224. The minimum absolute atomic E-state index is 0.104. The summed E-state index contributed by atoms with van der Waals surface area (Å²) in [5, 5.41) is 0. The van der Waals surface area contributed by atoms with E-state index in [0.717, 1.165) is 48.7 Å². The zero-order chi connectivity index (χ0) is 25.0.